The van der Waals surface area contributed by atoms with E-state index in [9.17, 15) is 0 Å². The largest absolute Gasteiger partial charge is 0.395 e. The lowest BCUT2D eigenvalue weighted by Crippen LogP contribution is -2.35. The van der Waals surface area contributed by atoms with Gasteiger partial charge in [-0.15, -0.1) is 24.8 Å². The summed E-state index contributed by atoms with van der Waals surface area (Å²) in [6.07, 6.45) is 1.04. The smallest absolute Gasteiger partial charge is 0.149 e. The lowest BCUT2D eigenvalue weighted by atomic mass is 9.89. The molecule has 1 saturated heterocycles. The summed E-state index contributed by atoms with van der Waals surface area (Å²) in [5.74, 6) is 0.895. The molecule has 4 nitrogen and oxygen atoms in total. The Balaban J connectivity index is 0. The van der Waals surface area contributed by atoms with E-state index in [0.29, 0.717) is 13.2 Å². The number of amidine groups is 1. The molecule has 3 N–H and O–H groups in total. The summed E-state index contributed by atoms with van der Waals surface area (Å²) in [5, 5.41) is 7.17. The van der Waals surface area contributed by atoms with Gasteiger partial charge in [-0.05, 0) is 13.3 Å². The van der Waals surface area contributed by atoms with Crippen LogP contribution in [0.15, 0.2) is 5.16 Å². The minimum absolute atomic E-state index is 0. The summed E-state index contributed by atoms with van der Waals surface area (Å²) < 4.78 is 0. The van der Waals surface area contributed by atoms with E-state index < -0.39 is 0 Å². The highest BCUT2D eigenvalue weighted by atomic mass is 35.5. The van der Waals surface area contributed by atoms with Crippen molar-refractivity contribution < 1.29 is 4.84 Å². The van der Waals surface area contributed by atoms with E-state index in [2.05, 4.69) is 17.4 Å². The zero-order valence-corrected chi connectivity index (χ0v) is 10.2. The first-order valence-electron chi connectivity index (χ1n) is 4.37. The number of hydrogen-bond donors (Lipinski definition) is 2. The number of nitrogens with one attached hydrogen (secondary N) is 1. The van der Waals surface area contributed by atoms with Crippen LogP contribution in [0.2, 0.25) is 0 Å². The standard InChI is InChI=1S/C8H17N3O.2ClH/c1-3-12-11-7-8(2,6-9)4-5-10-7;;/h3-6,9H2,1-2H3,(H,10,11);2*1H. The summed E-state index contributed by atoms with van der Waals surface area (Å²) in [6, 6.07) is 0. The Hall–Kier alpha value is -0.190. The van der Waals surface area contributed by atoms with Crippen LogP contribution in [0, 0.1) is 5.41 Å². The van der Waals surface area contributed by atoms with Gasteiger partial charge in [-0.1, -0.05) is 12.1 Å². The van der Waals surface area contributed by atoms with Crippen molar-refractivity contribution in [1.29, 1.82) is 0 Å². The summed E-state index contributed by atoms with van der Waals surface area (Å²) >= 11 is 0. The summed E-state index contributed by atoms with van der Waals surface area (Å²) in [5.41, 5.74) is 5.65. The first kappa shape index (κ1) is 16.2. The van der Waals surface area contributed by atoms with Gasteiger partial charge >= 0.3 is 0 Å². The van der Waals surface area contributed by atoms with Gasteiger partial charge in [-0.2, -0.15) is 0 Å². The molecule has 0 amide bonds. The second kappa shape index (κ2) is 7.15. The third kappa shape index (κ3) is 3.52. The first-order chi connectivity index (χ1) is 5.73. The topological polar surface area (TPSA) is 59.6 Å². The Morgan fingerprint density at radius 3 is 2.71 bits per heavy atom. The molecule has 1 fully saturated rings. The fraction of sp³-hybridized carbons (Fsp3) is 0.875. The normalized spacial score (nSPS) is 27.5. The van der Waals surface area contributed by atoms with Crippen molar-refractivity contribution in [1.82, 2.24) is 5.32 Å². The summed E-state index contributed by atoms with van der Waals surface area (Å²) in [6.45, 7) is 6.18. The van der Waals surface area contributed by atoms with E-state index in [1.165, 1.54) is 0 Å². The van der Waals surface area contributed by atoms with Crippen LogP contribution in [-0.4, -0.2) is 25.5 Å². The van der Waals surface area contributed by atoms with Gasteiger partial charge in [0, 0.05) is 18.5 Å². The van der Waals surface area contributed by atoms with Gasteiger partial charge in [-0.3, -0.25) is 0 Å². The van der Waals surface area contributed by atoms with Crippen LogP contribution in [0.3, 0.4) is 0 Å². The molecule has 1 heterocycles. The maximum Gasteiger partial charge on any atom is 0.149 e. The summed E-state index contributed by atoms with van der Waals surface area (Å²) in [4.78, 5) is 4.98. The number of nitrogens with two attached hydrogens (primary N) is 1. The van der Waals surface area contributed by atoms with Crippen molar-refractivity contribution >= 4 is 30.6 Å². The van der Waals surface area contributed by atoms with Crippen molar-refractivity contribution in [2.75, 3.05) is 19.7 Å². The predicted octanol–water partition coefficient (Wildman–Crippen LogP) is 1.14. The molecule has 1 rings (SSSR count). The Bertz CT molecular complexity index is 189. The van der Waals surface area contributed by atoms with Crippen molar-refractivity contribution in [3.05, 3.63) is 0 Å². The lowest BCUT2D eigenvalue weighted by molar-refractivity contribution is 0.154. The van der Waals surface area contributed by atoms with Crippen molar-refractivity contribution in [2.24, 2.45) is 16.3 Å². The minimum Gasteiger partial charge on any atom is -0.395 e. The fourth-order valence-corrected chi connectivity index (χ4v) is 1.26. The quantitative estimate of drug-likeness (QED) is 0.732. The van der Waals surface area contributed by atoms with E-state index in [0.717, 1.165) is 18.8 Å². The zero-order valence-electron chi connectivity index (χ0n) is 8.58. The van der Waals surface area contributed by atoms with Gasteiger partial charge in [0.05, 0.1) is 0 Å². The molecule has 0 aliphatic carbocycles. The SMILES string of the molecule is CCON=C1NCCC1(C)CN.Cl.Cl. The Kier molecular flexibility index (Phi) is 8.30. The van der Waals surface area contributed by atoms with Crippen molar-refractivity contribution in [2.45, 2.75) is 20.3 Å². The molecule has 0 spiro atoms. The van der Waals surface area contributed by atoms with Crippen LogP contribution in [-0.2, 0) is 4.84 Å². The molecular weight excluding hydrogens is 225 g/mol. The van der Waals surface area contributed by atoms with Crippen molar-refractivity contribution in [3.8, 4) is 0 Å². The predicted molar refractivity (Wildman–Crippen MR) is 63.3 cm³/mol. The van der Waals surface area contributed by atoms with Gasteiger partial charge < -0.3 is 15.9 Å². The van der Waals surface area contributed by atoms with Crippen LogP contribution in [0.1, 0.15) is 20.3 Å². The molecular formula is C8H19Cl2N3O. The van der Waals surface area contributed by atoms with E-state index in [1.54, 1.807) is 0 Å². The van der Waals surface area contributed by atoms with Gasteiger partial charge in [0.1, 0.15) is 12.4 Å². The van der Waals surface area contributed by atoms with Gasteiger partial charge in [0.25, 0.3) is 0 Å². The average molecular weight is 244 g/mol. The number of nitrogens with zero attached hydrogens (tertiary/aromatic N) is 1. The molecule has 1 aliphatic heterocycles. The van der Waals surface area contributed by atoms with E-state index in [4.69, 9.17) is 10.6 Å². The number of oxime groups is 1. The molecule has 0 aromatic heterocycles. The third-order valence-corrected chi connectivity index (χ3v) is 2.28. The molecule has 86 valence electrons. The van der Waals surface area contributed by atoms with Crippen LogP contribution in [0.5, 0.6) is 0 Å². The highest BCUT2D eigenvalue weighted by molar-refractivity contribution is 5.89. The molecule has 0 saturated carbocycles. The molecule has 1 aliphatic rings. The minimum atomic E-state index is -0.00479. The van der Waals surface area contributed by atoms with E-state index in [-0.39, 0.29) is 30.2 Å². The first-order valence-corrected chi connectivity index (χ1v) is 4.37. The highest BCUT2D eigenvalue weighted by Gasteiger charge is 2.34. The van der Waals surface area contributed by atoms with Gasteiger partial charge in [0.2, 0.25) is 0 Å². The third-order valence-electron chi connectivity index (χ3n) is 2.28. The van der Waals surface area contributed by atoms with E-state index in [1.807, 2.05) is 6.92 Å². The number of halogens is 2. The Morgan fingerprint density at radius 2 is 2.21 bits per heavy atom. The molecule has 0 bridgehead atoms. The molecule has 14 heavy (non-hydrogen) atoms. The second-order valence-corrected chi connectivity index (χ2v) is 3.30. The molecule has 0 aromatic carbocycles. The van der Waals surface area contributed by atoms with Gasteiger partial charge in [0.15, 0.2) is 0 Å². The van der Waals surface area contributed by atoms with Crippen LogP contribution < -0.4 is 11.1 Å². The monoisotopic (exact) mass is 243 g/mol. The van der Waals surface area contributed by atoms with Gasteiger partial charge in [-0.25, -0.2) is 0 Å². The van der Waals surface area contributed by atoms with Crippen LogP contribution >= 0.6 is 24.8 Å². The average Bonchev–Trinajstić information content (AvgIpc) is 2.45. The Morgan fingerprint density at radius 1 is 1.57 bits per heavy atom. The van der Waals surface area contributed by atoms with Crippen molar-refractivity contribution in [3.63, 3.8) is 0 Å². The Labute approximate surface area is 97.4 Å². The maximum atomic E-state index is 5.65. The van der Waals surface area contributed by atoms with E-state index >= 15 is 0 Å². The fourth-order valence-electron chi connectivity index (χ4n) is 1.26. The van der Waals surface area contributed by atoms with Crippen LogP contribution in [0.25, 0.3) is 0 Å². The van der Waals surface area contributed by atoms with Crippen LogP contribution in [0.4, 0.5) is 0 Å². The molecule has 0 radical (unpaired) electrons. The lowest BCUT2D eigenvalue weighted by Gasteiger charge is -2.19. The number of hydrogen-bond acceptors (Lipinski definition) is 3. The zero-order chi connectivity index (χ0) is 9.03. The number of rotatable bonds is 3. The summed E-state index contributed by atoms with van der Waals surface area (Å²) in [7, 11) is 0. The molecule has 1 unspecified atom stereocenters. The highest BCUT2D eigenvalue weighted by Crippen LogP contribution is 2.25. The molecule has 6 heteroatoms. The maximum absolute atomic E-state index is 5.65. The molecule has 0 aromatic rings. The second-order valence-electron chi connectivity index (χ2n) is 3.30. The molecule has 1 atom stereocenters.